The highest BCUT2D eigenvalue weighted by Gasteiger charge is 2.34. The Balaban J connectivity index is 2.36. The number of hydrogen-bond donors (Lipinski definition) is 2. The molecule has 5 nitrogen and oxygen atoms in total. The highest BCUT2D eigenvalue weighted by molar-refractivity contribution is 7.89. The summed E-state index contributed by atoms with van der Waals surface area (Å²) in [6.07, 6.45) is -4.70. The third kappa shape index (κ3) is 3.93. The van der Waals surface area contributed by atoms with Crippen LogP contribution in [0.5, 0.6) is 0 Å². The number of thiazole rings is 1. The van der Waals surface area contributed by atoms with Gasteiger partial charge in [-0.25, -0.2) is 18.5 Å². The lowest BCUT2D eigenvalue weighted by Gasteiger charge is -2.15. The first kappa shape index (κ1) is 15.7. The molecule has 0 saturated carbocycles. The van der Waals surface area contributed by atoms with Gasteiger partial charge in [-0.2, -0.15) is 13.2 Å². The van der Waals surface area contributed by atoms with Crippen molar-refractivity contribution in [2.45, 2.75) is 17.6 Å². The zero-order chi connectivity index (χ0) is 15.7. The fraction of sp³-hybridized carbons (Fsp3) is 0.182. The topological polar surface area (TPSA) is 85.1 Å². The van der Waals surface area contributed by atoms with Crippen LogP contribution in [0.4, 0.5) is 18.9 Å². The summed E-state index contributed by atoms with van der Waals surface area (Å²) in [5.74, 6) is 0. The lowest BCUT2D eigenvalue weighted by molar-refractivity contribution is -0.137. The number of hydrogen-bond acceptors (Lipinski definition) is 5. The summed E-state index contributed by atoms with van der Waals surface area (Å²) < 4.78 is 61.3. The summed E-state index contributed by atoms with van der Waals surface area (Å²) in [5, 5.41) is 9.13. The SMILES string of the molecule is NS(=O)(=O)c1ccc(NCc2cscn2)c(C(F)(F)F)c1. The molecule has 0 aliphatic carbocycles. The molecule has 0 aliphatic heterocycles. The molecule has 0 unspecified atom stereocenters. The zero-order valence-corrected chi connectivity index (χ0v) is 12.0. The average Bonchev–Trinajstić information content (AvgIpc) is 2.87. The monoisotopic (exact) mass is 337 g/mol. The molecule has 3 N–H and O–H groups in total. The van der Waals surface area contributed by atoms with Crippen LogP contribution in [-0.2, 0) is 22.7 Å². The molecule has 0 atom stereocenters. The van der Waals surface area contributed by atoms with Crippen LogP contribution >= 0.6 is 11.3 Å². The van der Waals surface area contributed by atoms with Crippen LogP contribution in [0.3, 0.4) is 0 Å². The molecule has 10 heteroatoms. The molecule has 0 fully saturated rings. The van der Waals surface area contributed by atoms with E-state index in [2.05, 4.69) is 10.3 Å². The molecule has 114 valence electrons. The van der Waals surface area contributed by atoms with Crippen molar-refractivity contribution in [3.8, 4) is 0 Å². The summed E-state index contributed by atoms with van der Waals surface area (Å²) in [5.41, 5.74) is 0.821. The number of nitrogens with two attached hydrogens (primary N) is 1. The standard InChI is InChI=1S/C11H10F3N3O2S2/c12-11(13,14)9-3-8(21(15,18)19)1-2-10(9)16-4-7-5-20-6-17-7/h1-3,5-6,16H,4H2,(H2,15,18,19). The fourth-order valence-corrected chi connectivity index (χ4v) is 2.70. The second-order valence-electron chi connectivity index (χ2n) is 4.08. The van der Waals surface area contributed by atoms with Gasteiger partial charge in [-0.3, -0.25) is 0 Å². The van der Waals surface area contributed by atoms with Gasteiger partial charge < -0.3 is 5.32 Å². The van der Waals surface area contributed by atoms with Gasteiger partial charge in [-0.1, -0.05) is 0 Å². The Labute approximate surface area is 122 Å². The van der Waals surface area contributed by atoms with Crippen LogP contribution in [0.1, 0.15) is 11.3 Å². The number of anilines is 1. The van der Waals surface area contributed by atoms with Crippen LogP contribution in [0.15, 0.2) is 34.0 Å². The van der Waals surface area contributed by atoms with Crippen molar-refractivity contribution in [2.75, 3.05) is 5.32 Å². The van der Waals surface area contributed by atoms with E-state index < -0.39 is 26.7 Å². The maximum Gasteiger partial charge on any atom is 0.418 e. The van der Waals surface area contributed by atoms with Crippen LogP contribution in [-0.4, -0.2) is 13.4 Å². The smallest absolute Gasteiger partial charge is 0.379 e. The van der Waals surface area contributed by atoms with Crippen molar-refractivity contribution < 1.29 is 21.6 Å². The molecule has 2 aromatic rings. The number of alkyl halides is 3. The molecule has 0 spiro atoms. The first-order chi connectivity index (χ1) is 9.68. The summed E-state index contributed by atoms with van der Waals surface area (Å²) >= 11 is 1.32. The predicted octanol–water partition coefficient (Wildman–Crippen LogP) is 2.42. The summed E-state index contributed by atoms with van der Waals surface area (Å²) in [6.45, 7) is 0.0985. The number of nitrogens with one attached hydrogen (secondary N) is 1. The maximum absolute atomic E-state index is 13.0. The van der Waals surface area contributed by atoms with Crippen molar-refractivity contribution >= 4 is 27.0 Å². The molecule has 1 heterocycles. The normalized spacial score (nSPS) is 12.4. The zero-order valence-electron chi connectivity index (χ0n) is 10.4. The van der Waals surface area contributed by atoms with Crippen LogP contribution < -0.4 is 10.5 Å². The third-order valence-corrected chi connectivity index (χ3v) is 4.11. The van der Waals surface area contributed by atoms with Gasteiger partial charge in [0.15, 0.2) is 0 Å². The second kappa shape index (κ2) is 5.62. The molecule has 21 heavy (non-hydrogen) atoms. The molecule has 0 saturated heterocycles. The molecule has 0 amide bonds. The number of halogens is 3. The lowest BCUT2D eigenvalue weighted by atomic mass is 10.1. The van der Waals surface area contributed by atoms with Crippen LogP contribution in [0.2, 0.25) is 0 Å². The predicted molar refractivity (Wildman–Crippen MR) is 72.3 cm³/mol. The number of aromatic nitrogens is 1. The molecule has 1 aromatic heterocycles. The van der Waals surface area contributed by atoms with Gasteiger partial charge in [0, 0.05) is 11.1 Å². The maximum atomic E-state index is 13.0. The van der Waals surface area contributed by atoms with Crippen molar-refractivity contribution in [2.24, 2.45) is 5.14 Å². The largest absolute Gasteiger partial charge is 0.418 e. The van der Waals surface area contributed by atoms with Crippen LogP contribution in [0.25, 0.3) is 0 Å². The Morgan fingerprint density at radius 2 is 2.05 bits per heavy atom. The minimum Gasteiger partial charge on any atom is -0.379 e. The van der Waals surface area contributed by atoms with Crippen molar-refractivity contribution in [3.63, 3.8) is 0 Å². The average molecular weight is 337 g/mol. The second-order valence-corrected chi connectivity index (χ2v) is 6.36. The lowest BCUT2D eigenvalue weighted by Crippen LogP contribution is -2.16. The van der Waals surface area contributed by atoms with E-state index in [9.17, 15) is 21.6 Å². The van der Waals surface area contributed by atoms with E-state index in [1.54, 1.807) is 10.9 Å². The number of rotatable bonds is 4. The van der Waals surface area contributed by atoms with E-state index >= 15 is 0 Å². The fourth-order valence-electron chi connectivity index (χ4n) is 1.60. The van der Waals surface area contributed by atoms with Gasteiger partial charge in [0.1, 0.15) is 0 Å². The van der Waals surface area contributed by atoms with Gasteiger partial charge in [-0.15, -0.1) is 11.3 Å². The minimum absolute atomic E-state index is 0.0985. The summed E-state index contributed by atoms with van der Waals surface area (Å²) in [4.78, 5) is 3.35. The quantitative estimate of drug-likeness (QED) is 0.897. The Morgan fingerprint density at radius 1 is 1.33 bits per heavy atom. The number of sulfonamides is 1. The highest BCUT2D eigenvalue weighted by Crippen LogP contribution is 2.36. The number of primary sulfonamides is 1. The first-order valence-electron chi connectivity index (χ1n) is 5.53. The number of nitrogens with zero attached hydrogens (tertiary/aromatic N) is 1. The highest BCUT2D eigenvalue weighted by atomic mass is 32.2. The molecule has 1 aromatic carbocycles. The molecular weight excluding hydrogens is 327 g/mol. The third-order valence-electron chi connectivity index (χ3n) is 2.57. The first-order valence-corrected chi connectivity index (χ1v) is 8.02. The Hall–Kier alpha value is -1.65. The van der Waals surface area contributed by atoms with E-state index in [4.69, 9.17) is 5.14 Å². The number of benzene rings is 1. The van der Waals surface area contributed by atoms with Gasteiger partial charge >= 0.3 is 6.18 Å². The summed E-state index contributed by atoms with van der Waals surface area (Å²) in [6, 6.07) is 2.57. The Kier molecular flexibility index (Phi) is 4.21. The summed E-state index contributed by atoms with van der Waals surface area (Å²) in [7, 11) is -4.20. The van der Waals surface area contributed by atoms with Gasteiger partial charge in [0.2, 0.25) is 10.0 Å². The van der Waals surface area contributed by atoms with Gasteiger partial charge in [-0.05, 0) is 18.2 Å². The molecular formula is C11H10F3N3O2S2. The molecule has 0 bridgehead atoms. The molecule has 0 aliphatic rings. The van der Waals surface area contributed by atoms with Crippen LogP contribution in [0, 0.1) is 0 Å². The van der Waals surface area contributed by atoms with E-state index in [1.165, 1.54) is 11.3 Å². The van der Waals surface area contributed by atoms with Gasteiger partial charge in [0.05, 0.1) is 28.2 Å². The van der Waals surface area contributed by atoms with Crippen molar-refractivity contribution in [3.05, 3.63) is 40.3 Å². The van der Waals surface area contributed by atoms with Crippen molar-refractivity contribution in [1.29, 1.82) is 0 Å². The molecule has 2 rings (SSSR count). The van der Waals surface area contributed by atoms with E-state index in [1.807, 2.05) is 0 Å². The molecule has 0 radical (unpaired) electrons. The Bertz CT molecular complexity index is 728. The van der Waals surface area contributed by atoms with Gasteiger partial charge in [0.25, 0.3) is 0 Å². The van der Waals surface area contributed by atoms with Crippen molar-refractivity contribution in [1.82, 2.24) is 4.98 Å². The van der Waals surface area contributed by atoms with E-state index in [0.717, 1.165) is 12.1 Å². The minimum atomic E-state index is -4.70. The van der Waals surface area contributed by atoms with E-state index in [-0.39, 0.29) is 12.2 Å². The van der Waals surface area contributed by atoms with E-state index in [0.29, 0.717) is 11.8 Å². The Morgan fingerprint density at radius 3 is 2.57 bits per heavy atom.